The minimum absolute atomic E-state index is 0.0616. The molecule has 4 rings (SSSR count). The lowest BCUT2D eigenvalue weighted by Gasteiger charge is -2.47. The van der Waals surface area contributed by atoms with Crippen molar-refractivity contribution in [1.82, 2.24) is 4.90 Å². The normalized spacial score (nSPS) is 19.5. The Labute approximate surface area is 152 Å². The summed E-state index contributed by atoms with van der Waals surface area (Å²) in [6, 6.07) is 30.8. The SMILES string of the molecule is O=C1C(Sc2ccccc2)C(c2ccccc2)N1Cc1ccccc1. The quantitative estimate of drug-likeness (QED) is 0.611. The van der Waals surface area contributed by atoms with Gasteiger partial charge in [-0.3, -0.25) is 4.79 Å². The number of thioether (sulfide) groups is 1. The van der Waals surface area contributed by atoms with Crippen LogP contribution >= 0.6 is 11.8 Å². The third-order valence-corrected chi connectivity index (χ3v) is 5.75. The number of carbonyl (C=O) groups excluding carboxylic acids is 1. The van der Waals surface area contributed by atoms with Crippen molar-refractivity contribution in [2.24, 2.45) is 0 Å². The smallest absolute Gasteiger partial charge is 0.239 e. The zero-order chi connectivity index (χ0) is 17.1. The van der Waals surface area contributed by atoms with Crippen molar-refractivity contribution in [3.63, 3.8) is 0 Å². The van der Waals surface area contributed by atoms with Crippen LogP contribution in [0.3, 0.4) is 0 Å². The van der Waals surface area contributed by atoms with E-state index in [0.717, 1.165) is 4.90 Å². The van der Waals surface area contributed by atoms with E-state index in [1.54, 1.807) is 11.8 Å². The summed E-state index contributed by atoms with van der Waals surface area (Å²) in [5, 5.41) is -0.0616. The average molecular weight is 345 g/mol. The van der Waals surface area contributed by atoms with Gasteiger partial charge in [-0.05, 0) is 23.3 Å². The van der Waals surface area contributed by atoms with Gasteiger partial charge in [-0.1, -0.05) is 78.9 Å². The lowest BCUT2D eigenvalue weighted by molar-refractivity contribution is -0.146. The second-order valence-corrected chi connectivity index (χ2v) is 7.37. The van der Waals surface area contributed by atoms with Gasteiger partial charge in [0.15, 0.2) is 0 Å². The molecule has 1 amide bonds. The summed E-state index contributed by atoms with van der Waals surface area (Å²) in [5.74, 6) is 0.214. The van der Waals surface area contributed by atoms with E-state index in [4.69, 9.17) is 0 Å². The Kier molecular flexibility index (Phi) is 4.57. The minimum atomic E-state index is -0.0616. The molecule has 0 saturated carbocycles. The van der Waals surface area contributed by atoms with E-state index >= 15 is 0 Å². The molecule has 1 fully saturated rings. The van der Waals surface area contributed by atoms with Crippen LogP contribution in [0.25, 0.3) is 0 Å². The lowest BCUT2D eigenvalue weighted by atomic mass is 9.92. The van der Waals surface area contributed by atoms with E-state index < -0.39 is 0 Å². The number of amides is 1. The number of hydrogen-bond donors (Lipinski definition) is 0. The number of hydrogen-bond acceptors (Lipinski definition) is 2. The highest BCUT2D eigenvalue weighted by Gasteiger charge is 2.48. The summed E-state index contributed by atoms with van der Waals surface area (Å²) in [5.41, 5.74) is 2.37. The van der Waals surface area contributed by atoms with Crippen LogP contribution < -0.4 is 0 Å². The first kappa shape index (κ1) is 16.0. The molecule has 0 N–H and O–H groups in total. The van der Waals surface area contributed by atoms with Crippen LogP contribution in [0.15, 0.2) is 95.9 Å². The van der Waals surface area contributed by atoms with Gasteiger partial charge >= 0.3 is 0 Å². The Morgan fingerprint density at radius 2 is 1.32 bits per heavy atom. The maximum Gasteiger partial charge on any atom is 0.239 e. The summed E-state index contributed by atoms with van der Waals surface area (Å²) in [7, 11) is 0. The molecule has 124 valence electrons. The molecule has 3 aromatic rings. The fourth-order valence-electron chi connectivity index (χ4n) is 3.24. The third-order valence-electron chi connectivity index (χ3n) is 4.49. The van der Waals surface area contributed by atoms with Crippen LogP contribution in [0.4, 0.5) is 0 Å². The summed E-state index contributed by atoms with van der Waals surface area (Å²) >= 11 is 1.66. The minimum Gasteiger partial charge on any atom is -0.329 e. The van der Waals surface area contributed by atoms with Gasteiger partial charge in [0.25, 0.3) is 0 Å². The second kappa shape index (κ2) is 7.16. The van der Waals surface area contributed by atoms with Gasteiger partial charge in [-0.2, -0.15) is 0 Å². The Morgan fingerprint density at radius 1 is 0.760 bits per heavy atom. The molecule has 1 aliphatic heterocycles. The Morgan fingerprint density at radius 3 is 1.96 bits per heavy atom. The van der Waals surface area contributed by atoms with Gasteiger partial charge in [0.05, 0.1) is 6.04 Å². The van der Waals surface area contributed by atoms with E-state index in [-0.39, 0.29) is 17.2 Å². The fourth-order valence-corrected chi connectivity index (χ4v) is 4.52. The van der Waals surface area contributed by atoms with Crippen LogP contribution in [0.1, 0.15) is 17.2 Å². The van der Waals surface area contributed by atoms with Crippen LogP contribution in [-0.2, 0) is 11.3 Å². The Bertz CT molecular complexity index is 784. The van der Waals surface area contributed by atoms with E-state index in [1.807, 2.05) is 59.5 Å². The Balaban J connectivity index is 1.60. The summed E-state index contributed by atoms with van der Waals surface area (Å²) in [4.78, 5) is 16.0. The van der Waals surface area contributed by atoms with Crippen molar-refractivity contribution < 1.29 is 4.79 Å². The standard InChI is InChI=1S/C22H19NOS/c24-22-21(25-19-14-8-3-9-15-19)20(18-12-6-2-7-13-18)23(22)16-17-10-4-1-5-11-17/h1-15,20-21H,16H2. The number of likely N-dealkylation sites (tertiary alicyclic amines) is 1. The number of benzene rings is 3. The predicted molar refractivity (Wildman–Crippen MR) is 102 cm³/mol. The molecule has 0 aromatic heterocycles. The summed E-state index contributed by atoms with van der Waals surface area (Å²) in [6.45, 7) is 0.658. The molecule has 25 heavy (non-hydrogen) atoms. The molecule has 0 radical (unpaired) electrons. The highest BCUT2D eigenvalue weighted by atomic mass is 32.2. The highest BCUT2D eigenvalue weighted by molar-refractivity contribution is 8.00. The van der Waals surface area contributed by atoms with Crippen molar-refractivity contribution in [1.29, 1.82) is 0 Å². The zero-order valence-electron chi connectivity index (χ0n) is 13.8. The van der Waals surface area contributed by atoms with E-state index in [1.165, 1.54) is 11.1 Å². The molecule has 0 bridgehead atoms. The van der Waals surface area contributed by atoms with Gasteiger partial charge in [-0.15, -0.1) is 11.8 Å². The van der Waals surface area contributed by atoms with Crippen LogP contribution in [0, 0.1) is 0 Å². The maximum atomic E-state index is 12.9. The van der Waals surface area contributed by atoms with Gasteiger partial charge in [0.2, 0.25) is 5.91 Å². The molecule has 3 heteroatoms. The first-order chi connectivity index (χ1) is 12.3. The molecule has 2 unspecified atom stereocenters. The predicted octanol–water partition coefficient (Wildman–Crippen LogP) is 4.93. The monoisotopic (exact) mass is 345 g/mol. The molecule has 1 aliphatic rings. The number of carbonyl (C=O) groups is 1. The van der Waals surface area contributed by atoms with Crippen LogP contribution in [0.5, 0.6) is 0 Å². The zero-order valence-corrected chi connectivity index (χ0v) is 14.6. The maximum absolute atomic E-state index is 12.9. The molecule has 2 nitrogen and oxygen atoms in total. The summed E-state index contributed by atoms with van der Waals surface area (Å²) < 4.78 is 0. The average Bonchev–Trinajstić information content (AvgIpc) is 2.69. The van der Waals surface area contributed by atoms with Gasteiger partial charge in [0.1, 0.15) is 5.25 Å². The number of nitrogens with zero attached hydrogens (tertiary/aromatic N) is 1. The third kappa shape index (κ3) is 3.33. The van der Waals surface area contributed by atoms with Crippen LogP contribution in [-0.4, -0.2) is 16.1 Å². The largest absolute Gasteiger partial charge is 0.329 e. The molecule has 0 spiro atoms. The number of rotatable bonds is 5. The molecule has 3 aromatic carbocycles. The Hall–Kier alpha value is -2.52. The van der Waals surface area contributed by atoms with E-state index in [9.17, 15) is 4.79 Å². The van der Waals surface area contributed by atoms with Gasteiger partial charge < -0.3 is 4.90 Å². The first-order valence-corrected chi connectivity index (χ1v) is 9.32. The lowest BCUT2D eigenvalue weighted by Crippen LogP contribution is -2.56. The van der Waals surface area contributed by atoms with Crippen molar-refractivity contribution in [3.05, 3.63) is 102 Å². The highest BCUT2D eigenvalue weighted by Crippen LogP contribution is 2.45. The summed E-state index contributed by atoms with van der Waals surface area (Å²) in [6.07, 6.45) is 0. The molecule has 1 heterocycles. The van der Waals surface area contributed by atoms with E-state index in [0.29, 0.717) is 6.54 Å². The van der Waals surface area contributed by atoms with Crippen LogP contribution in [0.2, 0.25) is 0 Å². The molecule has 1 saturated heterocycles. The topological polar surface area (TPSA) is 20.3 Å². The second-order valence-electron chi connectivity index (χ2n) is 6.16. The molecular weight excluding hydrogens is 326 g/mol. The van der Waals surface area contributed by atoms with E-state index in [2.05, 4.69) is 36.4 Å². The van der Waals surface area contributed by atoms with Gasteiger partial charge in [0, 0.05) is 11.4 Å². The van der Waals surface area contributed by atoms with Crippen molar-refractivity contribution in [2.45, 2.75) is 22.7 Å². The molecule has 0 aliphatic carbocycles. The number of β-lactam (4-membered cyclic amide) rings is 1. The molecular formula is C22H19NOS. The van der Waals surface area contributed by atoms with Crippen molar-refractivity contribution >= 4 is 17.7 Å². The van der Waals surface area contributed by atoms with Crippen molar-refractivity contribution in [2.75, 3.05) is 0 Å². The van der Waals surface area contributed by atoms with Gasteiger partial charge in [-0.25, -0.2) is 0 Å². The fraction of sp³-hybridized carbons (Fsp3) is 0.136. The first-order valence-electron chi connectivity index (χ1n) is 8.44. The molecule has 2 atom stereocenters. The van der Waals surface area contributed by atoms with Crippen molar-refractivity contribution in [3.8, 4) is 0 Å².